The summed E-state index contributed by atoms with van der Waals surface area (Å²) in [5, 5.41) is 8.68. The average molecular weight is 189 g/mol. The molecule has 0 aromatic rings. The molecular weight excluding hydrogens is 170 g/mol. The first kappa shape index (κ1) is 10.9. The van der Waals surface area contributed by atoms with Gasteiger partial charge in [-0.25, -0.2) is 0 Å². The Morgan fingerprint density at radius 2 is 2.38 bits per heavy atom. The van der Waals surface area contributed by atoms with Crippen molar-refractivity contribution in [3.8, 4) is 0 Å². The summed E-state index contributed by atoms with van der Waals surface area (Å²) in [6.07, 6.45) is 2.43. The van der Waals surface area contributed by atoms with Gasteiger partial charge in [-0.2, -0.15) is 0 Å². The predicted molar refractivity (Wildman–Crippen MR) is 49.2 cm³/mol. The van der Waals surface area contributed by atoms with Crippen molar-refractivity contribution >= 4 is 0 Å². The van der Waals surface area contributed by atoms with E-state index in [-0.39, 0.29) is 12.7 Å². The van der Waals surface area contributed by atoms with Gasteiger partial charge in [0.15, 0.2) is 5.79 Å². The van der Waals surface area contributed by atoms with Crippen molar-refractivity contribution in [2.75, 3.05) is 19.8 Å². The topological polar surface area (TPSA) is 64.7 Å². The number of ether oxygens (including phenoxy) is 2. The summed E-state index contributed by atoms with van der Waals surface area (Å²) in [4.78, 5) is 0. The quantitative estimate of drug-likeness (QED) is 0.650. The molecule has 1 saturated heterocycles. The van der Waals surface area contributed by atoms with E-state index in [1.165, 1.54) is 0 Å². The Labute approximate surface area is 79.0 Å². The highest BCUT2D eigenvalue weighted by atomic mass is 16.7. The van der Waals surface area contributed by atoms with Gasteiger partial charge in [-0.3, -0.25) is 0 Å². The molecule has 0 bridgehead atoms. The summed E-state index contributed by atoms with van der Waals surface area (Å²) >= 11 is 0. The summed E-state index contributed by atoms with van der Waals surface area (Å²) in [7, 11) is 0. The van der Waals surface area contributed by atoms with Gasteiger partial charge in [0.1, 0.15) is 0 Å². The molecule has 78 valence electrons. The molecule has 1 aliphatic heterocycles. The SMILES string of the molecule is CC1(CCCO)OCC(CCN)O1. The van der Waals surface area contributed by atoms with Gasteiger partial charge in [0.25, 0.3) is 0 Å². The molecule has 0 amide bonds. The van der Waals surface area contributed by atoms with Gasteiger partial charge >= 0.3 is 0 Å². The lowest BCUT2D eigenvalue weighted by Gasteiger charge is -2.22. The zero-order valence-electron chi connectivity index (χ0n) is 8.16. The third kappa shape index (κ3) is 3.23. The third-order valence-corrected chi connectivity index (χ3v) is 2.27. The number of nitrogens with two attached hydrogens (primary N) is 1. The van der Waals surface area contributed by atoms with Crippen molar-refractivity contribution in [3.63, 3.8) is 0 Å². The first-order chi connectivity index (χ1) is 6.20. The fraction of sp³-hybridized carbons (Fsp3) is 1.00. The van der Waals surface area contributed by atoms with E-state index in [1.54, 1.807) is 0 Å². The van der Waals surface area contributed by atoms with Crippen molar-refractivity contribution in [1.82, 2.24) is 0 Å². The van der Waals surface area contributed by atoms with E-state index in [2.05, 4.69) is 0 Å². The highest BCUT2D eigenvalue weighted by Crippen LogP contribution is 2.28. The van der Waals surface area contributed by atoms with E-state index in [0.717, 1.165) is 12.8 Å². The maximum atomic E-state index is 8.68. The first-order valence-electron chi connectivity index (χ1n) is 4.83. The number of hydrogen-bond acceptors (Lipinski definition) is 4. The van der Waals surface area contributed by atoms with Gasteiger partial charge in [0, 0.05) is 13.0 Å². The lowest BCUT2D eigenvalue weighted by Crippen LogP contribution is -2.27. The molecule has 0 aromatic carbocycles. The van der Waals surface area contributed by atoms with Crippen LogP contribution in [-0.4, -0.2) is 36.8 Å². The van der Waals surface area contributed by atoms with Crippen LogP contribution in [0.25, 0.3) is 0 Å². The van der Waals surface area contributed by atoms with Gasteiger partial charge < -0.3 is 20.3 Å². The lowest BCUT2D eigenvalue weighted by molar-refractivity contribution is -0.160. The largest absolute Gasteiger partial charge is 0.396 e. The third-order valence-electron chi connectivity index (χ3n) is 2.27. The van der Waals surface area contributed by atoms with Crippen molar-refractivity contribution in [1.29, 1.82) is 0 Å². The van der Waals surface area contributed by atoms with Crippen LogP contribution in [0.1, 0.15) is 26.2 Å². The second-order valence-corrected chi connectivity index (χ2v) is 3.59. The second-order valence-electron chi connectivity index (χ2n) is 3.59. The molecule has 4 nitrogen and oxygen atoms in total. The molecule has 0 saturated carbocycles. The normalized spacial score (nSPS) is 33.9. The predicted octanol–water partition coefficient (Wildman–Crippen LogP) is 0.239. The Kier molecular flexibility index (Phi) is 4.12. The molecule has 0 aromatic heterocycles. The summed E-state index contributed by atoms with van der Waals surface area (Å²) in [6, 6.07) is 0. The summed E-state index contributed by atoms with van der Waals surface area (Å²) in [5.41, 5.74) is 5.42. The van der Waals surface area contributed by atoms with Crippen molar-refractivity contribution in [3.05, 3.63) is 0 Å². The van der Waals surface area contributed by atoms with Crippen LogP contribution in [0.15, 0.2) is 0 Å². The fourth-order valence-corrected chi connectivity index (χ4v) is 1.55. The lowest BCUT2D eigenvalue weighted by atomic mass is 10.2. The van der Waals surface area contributed by atoms with Crippen LogP contribution in [-0.2, 0) is 9.47 Å². The van der Waals surface area contributed by atoms with Gasteiger partial charge in [0.2, 0.25) is 0 Å². The highest BCUT2D eigenvalue weighted by Gasteiger charge is 2.35. The number of rotatable bonds is 5. The van der Waals surface area contributed by atoms with E-state index in [9.17, 15) is 0 Å². The van der Waals surface area contributed by atoms with Crippen LogP contribution in [0.4, 0.5) is 0 Å². The van der Waals surface area contributed by atoms with Crippen molar-refractivity contribution < 1.29 is 14.6 Å². The first-order valence-corrected chi connectivity index (χ1v) is 4.83. The molecule has 0 aliphatic carbocycles. The Hall–Kier alpha value is -0.160. The minimum Gasteiger partial charge on any atom is -0.396 e. The molecule has 0 radical (unpaired) electrons. The Morgan fingerprint density at radius 3 is 3.00 bits per heavy atom. The molecular formula is C9H19NO3. The molecule has 2 atom stereocenters. The van der Waals surface area contributed by atoms with Crippen LogP contribution >= 0.6 is 0 Å². The number of aliphatic hydroxyl groups is 1. The maximum Gasteiger partial charge on any atom is 0.166 e. The molecule has 4 heteroatoms. The molecule has 1 aliphatic rings. The van der Waals surface area contributed by atoms with Gasteiger partial charge in [-0.1, -0.05) is 0 Å². The van der Waals surface area contributed by atoms with Gasteiger partial charge in [0.05, 0.1) is 12.7 Å². The molecule has 1 fully saturated rings. The smallest absolute Gasteiger partial charge is 0.166 e. The second kappa shape index (κ2) is 4.91. The van der Waals surface area contributed by atoms with E-state index in [1.807, 2.05) is 6.92 Å². The summed E-state index contributed by atoms with van der Waals surface area (Å²) in [6.45, 7) is 3.35. The van der Waals surface area contributed by atoms with Crippen LogP contribution < -0.4 is 5.73 Å². The Morgan fingerprint density at radius 1 is 1.62 bits per heavy atom. The highest BCUT2D eigenvalue weighted by molar-refractivity contribution is 4.75. The molecule has 3 N–H and O–H groups in total. The van der Waals surface area contributed by atoms with Gasteiger partial charge in [-0.05, 0) is 26.3 Å². The van der Waals surface area contributed by atoms with Gasteiger partial charge in [-0.15, -0.1) is 0 Å². The van der Waals surface area contributed by atoms with E-state index in [0.29, 0.717) is 19.6 Å². The zero-order valence-corrected chi connectivity index (χ0v) is 8.16. The van der Waals surface area contributed by atoms with Crippen LogP contribution in [0.2, 0.25) is 0 Å². The summed E-state index contributed by atoms with van der Waals surface area (Å²) < 4.78 is 11.2. The van der Waals surface area contributed by atoms with Crippen molar-refractivity contribution in [2.45, 2.75) is 38.1 Å². The van der Waals surface area contributed by atoms with E-state index in [4.69, 9.17) is 20.3 Å². The van der Waals surface area contributed by atoms with E-state index >= 15 is 0 Å². The van der Waals surface area contributed by atoms with Crippen LogP contribution in [0.3, 0.4) is 0 Å². The standard InChI is InChI=1S/C9H19NO3/c1-9(4-2-6-11)12-7-8(13-9)3-5-10/h8,11H,2-7,10H2,1H3. The summed E-state index contributed by atoms with van der Waals surface area (Å²) in [5.74, 6) is -0.497. The minimum absolute atomic E-state index is 0.133. The van der Waals surface area contributed by atoms with Crippen LogP contribution in [0, 0.1) is 0 Å². The number of hydrogen-bond donors (Lipinski definition) is 2. The molecule has 0 spiro atoms. The van der Waals surface area contributed by atoms with Crippen molar-refractivity contribution in [2.24, 2.45) is 5.73 Å². The fourth-order valence-electron chi connectivity index (χ4n) is 1.55. The Balaban J connectivity index is 2.28. The zero-order chi connectivity index (χ0) is 9.73. The minimum atomic E-state index is -0.497. The average Bonchev–Trinajstić information content (AvgIpc) is 2.46. The molecule has 1 rings (SSSR count). The molecule has 13 heavy (non-hydrogen) atoms. The maximum absolute atomic E-state index is 8.68. The number of aliphatic hydroxyl groups excluding tert-OH is 1. The monoisotopic (exact) mass is 189 g/mol. The molecule has 2 unspecified atom stereocenters. The Bertz CT molecular complexity index is 154. The van der Waals surface area contributed by atoms with Crippen LogP contribution in [0.5, 0.6) is 0 Å². The van der Waals surface area contributed by atoms with E-state index < -0.39 is 5.79 Å². The molecule has 1 heterocycles.